The van der Waals surface area contributed by atoms with E-state index in [0.29, 0.717) is 12.1 Å². The minimum Gasteiger partial charge on any atom is -0.398 e. The lowest BCUT2D eigenvalue weighted by atomic mass is 9.98. The highest BCUT2D eigenvalue weighted by molar-refractivity contribution is 5.98. The average molecular weight is 361 g/mol. The van der Waals surface area contributed by atoms with Gasteiger partial charge in [0, 0.05) is 37.3 Å². The lowest BCUT2D eigenvalue weighted by molar-refractivity contribution is 0.0993. The van der Waals surface area contributed by atoms with Gasteiger partial charge in [-0.2, -0.15) is 0 Å². The minimum absolute atomic E-state index is 0.112. The predicted molar refractivity (Wildman–Crippen MR) is 112 cm³/mol. The molecule has 2 aromatic carbocycles. The topological polar surface area (TPSA) is 46.3 Å². The molecule has 2 aromatic rings. The maximum absolute atomic E-state index is 12.5. The summed E-state index contributed by atoms with van der Waals surface area (Å²) in [5, 5.41) is 0. The molecule has 1 saturated carbocycles. The minimum atomic E-state index is 0.112. The molecule has 0 atom stereocenters. The van der Waals surface area contributed by atoms with Gasteiger partial charge in [0.2, 0.25) is 0 Å². The number of Topliss-reactive ketones (excluding diaryl/α,β-unsaturated/α-hetero) is 1. The zero-order chi connectivity index (χ0) is 18.6. The van der Waals surface area contributed by atoms with Gasteiger partial charge in [-0.1, -0.05) is 54.1 Å². The number of rotatable bonds is 6. The van der Waals surface area contributed by atoms with Crippen LogP contribution >= 0.6 is 0 Å². The standard InChI is InChI=1S/C24H28N2O/c25-23-4-2-1-3-22(23)16-24(27)21-9-7-18(8-10-21)15-19-11-13-26(14-12-19)17-20-5-6-20/h1-4,7-10,15,20H,5-6,11-14,16-17,25H2. The number of ketones is 1. The second kappa shape index (κ2) is 8.10. The van der Waals surface area contributed by atoms with Crippen LogP contribution in [-0.2, 0) is 6.42 Å². The number of benzene rings is 2. The number of para-hydroxylation sites is 1. The normalized spacial score (nSPS) is 17.7. The third-order valence-corrected chi connectivity index (χ3v) is 5.72. The van der Waals surface area contributed by atoms with Crippen molar-refractivity contribution in [3.8, 4) is 0 Å². The lowest BCUT2D eigenvalue weighted by Crippen LogP contribution is -2.32. The summed E-state index contributed by atoms with van der Waals surface area (Å²) in [5.41, 5.74) is 11.0. The number of nitrogen functional groups attached to an aromatic ring is 1. The van der Waals surface area contributed by atoms with Crippen molar-refractivity contribution in [3.63, 3.8) is 0 Å². The molecule has 2 aliphatic rings. The van der Waals surface area contributed by atoms with Crippen molar-refractivity contribution in [2.75, 3.05) is 25.4 Å². The van der Waals surface area contributed by atoms with E-state index in [9.17, 15) is 4.79 Å². The van der Waals surface area contributed by atoms with Crippen LogP contribution in [0.3, 0.4) is 0 Å². The van der Waals surface area contributed by atoms with Crippen molar-refractivity contribution in [2.45, 2.75) is 32.1 Å². The van der Waals surface area contributed by atoms with Crippen LogP contribution in [0.4, 0.5) is 5.69 Å². The first-order valence-corrected chi connectivity index (χ1v) is 10.1. The summed E-state index contributed by atoms with van der Waals surface area (Å²) in [6.45, 7) is 3.69. The van der Waals surface area contributed by atoms with E-state index in [0.717, 1.165) is 17.0 Å². The number of piperidine rings is 1. The Balaban J connectivity index is 1.34. The molecule has 0 spiro atoms. The van der Waals surface area contributed by atoms with E-state index in [1.54, 1.807) is 0 Å². The Morgan fingerprint density at radius 1 is 1.04 bits per heavy atom. The molecular weight excluding hydrogens is 332 g/mol. The summed E-state index contributed by atoms with van der Waals surface area (Å²) in [5.74, 6) is 1.09. The maximum Gasteiger partial charge on any atom is 0.167 e. The van der Waals surface area contributed by atoms with Crippen molar-refractivity contribution in [3.05, 3.63) is 70.8 Å². The van der Waals surface area contributed by atoms with E-state index in [1.165, 1.54) is 56.5 Å². The number of nitrogens with zero attached hydrogens (tertiary/aromatic N) is 1. The van der Waals surface area contributed by atoms with Crippen molar-refractivity contribution < 1.29 is 4.79 Å². The molecule has 1 aliphatic heterocycles. The molecule has 1 heterocycles. The second-order valence-corrected chi connectivity index (χ2v) is 7.97. The van der Waals surface area contributed by atoms with E-state index < -0.39 is 0 Å². The molecular formula is C24H28N2O. The first kappa shape index (κ1) is 18.0. The van der Waals surface area contributed by atoms with Gasteiger partial charge in [0.15, 0.2) is 5.78 Å². The molecule has 0 bridgehead atoms. The molecule has 3 nitrogen and oxygen atoms in total. The Hall–Kier alpha value is -2.39. The number of carbonyl (C=O) groups excluding carboxylic acids is 1. The van der Waals surface area contributed by atoms with Crippen molar-refractivity contribution >= 4 is 17.5 Å². The van der Waals surface area contributed by atoms with Crippen molar-refractivity contribution in [1.29, 1.82) is 0 Å². The highest BCUT2D eigenvalue weighted by Crippen LogP contribution is 2.31. The van der Waals surface area contributed by atoms with Crippen LogP contribution in [-0.4, -0.2) is 30.3 Å². The molecule has 3 heteroatoms. The zero-order valence-electron chi connectivity index (χ0n) is 15.9. The van der Waals surface area contributed by atoms with E-state index in [4.69, 9.17) is 5.73 Å². The summed E-state index contributed by atoms with van der Waals surface area (Å²) in [6.07, 6.45) is 7.85. The summed E-state index contributed by atoms with van der Waals surface area (Å²) >= 11 is 0. The first-order chi connectivity index (χ1) is 13.2. The third-order valence-electron chi connectivity index (χ3n) is 5.72. The number of likely N-dealkylation sites (tertiary alicyclic amines) is 1. The fourth-order valence-corrected chi connectivity index (χ4v) is 3.80. The molecule has 27 heavy (non-hydrogen) atoms. The van der Waals surface area contributed by atoms with Gasteiger partial charge in [-0.25, -0.2) is 0 Å². The quantitative estimate of drug-likeness (QED) is 0.606. The van der Waals surface area contributed by atoms with Gasteiger partial charge in [-0.15, -0.1) is 0 Å². The van der Waals surface area contributed by atoms with Gasteiger partial charge in [-0.3, -0.25) is 4.79 Å². The van der Waals surface area contributed by atoms with Gasteiger partial charge in [0.25, 0.3) is 0 Å². The highest BCUT2D eigenvalue weighted by Gasteiger charge is 2.25. The van der Waals surface area contributed by atoms with Gasteiger partial charge in [-0.05, 0) is 48.8 Å². The smallest absolute Gasteiger partial charge is 0.167 e. The Kier molecular flexibility index (Phi) is 5.40. The molecule has 2 fully saturated rings. The molecule has 0 aromatic heterocycles. The molecule has 0 unspecified atom stereocenters. The van der Waals surface area contributed by atoms with Crippen LogP contribution in [0.2, 0.25) is 0 Å². The second-order valence-electron chi connectivity index (χ2n) is 7.97. The van der Waals surface area contributed by atoms with E-state index in [2.05, 4.69) is 23.1 Å². The fraction of sp³-hybridized carbons (Fsp3) is 0.375. The maximum atomic E-state index is 12.5. The average Bonchev–Trinajstić information content (AvgIpc) is 3.50. The van der Waals surface area contributed by atoms with Crippen molar-refractivity contribution in [2.24, 2.45) is 5.92 Å². The summed E-state index contributed by atoms with van der Waals surface area (Å²) in [7, 11) is 0. The Morgan fingerprint density at radius 2 is 1.74 bits per heavy atom. The first-order valence-electron chi connectivity index (χ1n) is 10.1. The molecule has 2 N–H and O–H groups in total. The molecule has 4 rings (SSSR count). The van der Waals surface area contributed by atoms with Crippen LogP contribution in [0.5, 0.6) is 0 Å². The lowest BCUT2D eigenvalue weighted by Gasteiger charge is -2.28. The highest BCUT2D eigenvalue weighted by atomic mass is 16.1. The van der Waals surface area contributed by atoms with Crippen LogP contribution < -0.4 is 5.73 Å². The number of carbonyl (C=O) groups is 1. The Labute approximate surface area is 161 Å². The predicted octanol–water partition coefficient (Wildman–Crippen LogP) is 4.58. The van der Waals surface area contributed by atoms with Gasteiger partial charge < -0.3 is 10.6 Å². The molecule has 0 amide bonds. The molecule has 1 saturated heterocycles. The number of hydrogen-bond acceptors (Lipinski definition) is 3. The van der Waals surface area contributed by atoms with E-state index in [1.807, 2.05) is 36.4 Å². The Morgan fingerprint density at radius 3 is 2.41 bits per heavy atom. The number of nitrogens with two attached hydrogens (primary N) is 1. The van der Waals surface area contributed by atoms with Crippen LogP contribution in [0, 0.1) is 5.92 Å². The van der Waals surface area contributed by atoms with Crippen LogP contribution in [0.1, 0.15) is 47.2 Å². The monoisotopic (exact) mass is 360 g/mol. The third kappa shape index (κ3) is 4.86. The summed E-state index contributed by atoms with van der Waals surface area (Å²) in [6, 6.07) is 15.6. The van der Waals surface area contributed by atoms with E-state index >= 15 is 0 Å². The fourth-order valence-electron chi connectivity index (χ4n) is 3.80. The number of anilines is 1. The molecule has 1 aliphatic carbocycles. The summed E-state index contributed by atoms with van der Waals surface area (Å²) < 4.78 is 0. The van der Waals surface area contributed by atoms with Gasteiger partial charge >= 0.3 is 0 Å². The SMILES string of the molecule is Nc1ccccc1CC(=O)c1ccc(C=C2CCN(CC3CC3)CC2)cc1. The number of hydrogen-bond donors (Lipinski definition) is 1. The van der Waals surface area contributed by atoms with Crippen molar-refractivity contribution in [1.82, 2.24) is 4.90 Å². The van der Waals surface area contributed by atoms with E-state index in [-0.39, 0.29) is 5.78 Å². The van der Waals surface area contributed by atoms with Gasteiger partial charge in [0.05, 0.1) is 0 Å². The van der Waals surface area contributed by atoms with Crippen LogP contribution in [0.15, 0.2) is 54.1 Å². The van der Waals surface area contributed by atoms with Gasteiger partial charge in [0.1, 0.15) is 0 Å². The molecule has 140 valence electrons. The largest absolute Gasteiger partial charge is 0.398 e. The zero-order valence-corrected chi connectivity index (χ0v) is 15.9. The van der Waals surface area contributed by atoms with Crippen LogP contribution in [0.25, 0.3) is 6.08 Å². The summed E-state index contributed by atoms with van der Waals surface area (Å²) in [4.78, 5) is 15.1. The molecule has 0 radical (unpaired) electrons. The Bertz CT molecular complexity index is 824.